The van der Waals surface area contributed by atoms with Crippen LogP contribution in [0.15, 0.2) is 48.5 Å². The lowest BCUT2D eigenvalue weighted by Gasteiger charge is -2.17. The quantitative estimate of drug-likeness (QED) is 0.662. The standard InChI is InChI=1S/C22H21F3N2O/c1-13-18-6-4-5-7-20(18)26-15(3)19(13)12-21(28)27-14(2)16-8-10-17(11-9-16)22(23,24)25/h4-11,14H,12H2,1-3H3,(H,27,28). The molecular weight excluding hydrogens is 365 g/mol. The van der Waals surface area contributed by atoms with Crippen molar-refractivity contribution in [2.75, 3.05) is 0 Å². The highest BCUT2D eigenvalue weighted by molar-refractivity contribution is 5.86. The summed E-state index contributed by atoms with van der Waals surface area (Å²) < 4.78 is 38.1. The minimum atomic E-state index is -4.37. The van der Waals surface area contributed by atoms with Crippen molar-refractivity contribution in [3.05, 3.63) is 76.5 Å². The number of rotatable bonds is 4. The van der Waals surface area contributed by atoms with Crippen molar-refractivity contribution in [3.63, 3.8) is 0 Å². The summed E-state index contributed by atoms with van der Waals surface area (Å²) >= 11 is 0. The SMILES string of the molecule is Cc1nc2ccccc2c(C)c1CC(=O)NC(C)c1ccc(C(F)(F)F)cc1. The maximum atomic E-state index is 12.7. The Morgan fingerprint density at radius 3 is 2.36 bits per heavy atom. The Morgan fingerprint density at radius 2 is 1.71 bits per heavy atom. The van der Waals surface area contributed by atoms with Gasteiger partial charge in [0.25, 0.3) is 0 Å². The van der Waals surface area contributed by atoms with Gasteiger partial charge in [0.1, 0.15) is 0 Å². The van der Waals surface area contributed by atoms with Crippen LogP contribution in [0, 0.1) is 13.8 Å². The third-order valence-electron chi connectivity index (χ3n) is 4.94. The first-order chi connectivity index (χ1) is 13.2. The monoisotopic (exact) mass is 386 g/mol. The lowest BCUT2D eigenvalue weighted by Crippen LogP contribution is -2.28. The Kier molecular flexibility index (Phi) is 5.40. The second kappa shape index (κ2) is 7.62. The molecule has 0 fully saturated rings. The molecule has 6 heteroatoms. The van der Waals surface area contributed by atoms with Gasteiger partial charge in [0.15, 0.2) is 0 Å². The molecule has 0 aliphatic carbocycles. The number of amides is 1. The van der Waals surface area contributed by atoms with Gasteiger partial charge in [-0.1, -0.05) is 30.3 Å². The van der Waals surface area contributed by atoms with Crippen molar-refractivity contribution < 1.29 is 18.0 Å². The average Bonchev–Trinajstić information content (AvgIpc) is 2.64. The normalized spacial score (nSPS) is 12.8. The second-order valence-electron chi connectivity index (χ2n) is 6.90. The molecule has 0 saturated carbocycles. The molecule has 28 heavy (non-hydrogen) atoms. The van der Waals surface area contributed by atoms with Crippen molar-refractivity contribution in [1.82, 2.24) is 10.3 Å². The number of carbonyl (C=O) groups excluding carboxylic acids is 1. The number of carbonyl (C=O) groups is 1. The largest absolute Gasteiger partial charge is 0.416 e. The van der Waals surface area contributed by atoms with Crippen LogP contribution in [0.3, 0.4) is 0 Å². The molecule has 1 N–H and O–H groups in total. The van der Waals surface area contributed by atoms with Crippen LogP contribution in [0.1, 0.15) is 40.9 Å². The molecule has 1 atom stereocenters. The summed E-state index contributed by atoms with van der Waals surface area (Å²) in [6, 6.07) is 12.2. The Labute approximate surface area is 161 Å². The molecule has 3 nitrogen and oxygen atoms in total. The van der Waals surface area contributed by atoms with Crippen molar-refractivity contribution in [3.8, 4) is 0 Å². The fourth-order valence-corrected chi connectivity index (χ4v) is 3.33. The maximum Gasteiger partial charge on any atom is 0.416 e. The van der Waals surface area contributed by atoms with E-state index in [0.717, 1.165) is 39.9 Å². The average molecular weight is 386 g/mol. The predicted molar refractivity (Wildman–Crippen MR) is 103 cm³/mol. The van der Waals surface area contributed by atoms with Crippen LogP contribution in [0.25, 0.3) is 10.9 Å². The number of pyridine rings is 1. The molecule has 1 amide bonds. The van der Waals surface area contributed by atoms with Gasteiger partial charge in [0.05, 0.1) is 23.5 Å². The highest BCUT2D eigenvalue weighted by atomic mass is 19.4. The van der Waals surface area contributed by atoms with E-state index in [1.165, 1.54) is 12.1 Å². The number of nitrogens with one attached hydrogen (secondary N) is 1. The van der Waals surface area contributed by atoms with Crippen LogP contribution in [-0.2, 0) is 17.4 Å². The molecule has 0 radical (unpaired) electrons. The molecule has 3 aromatic rings. The Balaban J connectivity index is 1.74. The Hall–Kier alpha value is -2.89. The van der Waals surface area contributed by atoms with E-state index in [1.807, 2.05) is 38.1 Å². The summed E-state index contributed by atoms with van der Waals surface area (Å²) in [6.45, 7) is 5.60. The van der Waals surface area contributed by atoms with E-state index in [0.29, 0.717) is 5.56 Å². The smallest absolute Gasteiger partial charge is 0.349 e. The van der Waals surface area contributed by atoms with Crippen LogP contribution < -0.4 is 5.32 Å². The number of halogens is 3. The zero-order chi connectivity index (χ0) is 20.5. The van der Waals surface area contributed by atoms with Crippen molar-refractivity contribution in [1.29, 1.82) is 0 Å². The Bertz CT molecular complexity index is 1010. The van der Waals surface area contributed by atoms with Gasteiger partial charge < -0.3 is 5.32 Å². The van der Waals surface area contributed by atoms with Crippen LogP contribution in [0.4, 0.5) is 13.2 Å². The number of hydrogen-bond acceptors (Lipinski definition) is 2. The summed E-state index contributed by atoms with van der Waals surface area (Å²) in [6.07, 6.45) is -4.20. The van der Waals surface area contributed by atoms with Crippen LogP contribution >= 0.6 is 0 Å². The maximum absolute atomic E-state index is 12.7. The van der Waals surface area contributed by atoms with Gasteiger partial charge in [0.2, 0.25) is 5.91 Å². The molecule has 2 aromatic carbocycles. The molecule has 1 aromatic heterocycles. The van der Waals surface area contributed by atoms with Gasteiger partial charge in [0, 0.05) is 11.1 Å². The fourth-order valence-electron chi connectivity index (χ4n) is 3.33. The summed E-state index contributed by atoms with van der Waals surface area (Å²) in [5, 5.41) is 3.86. The number of aryl methyl sites for hydroxylation is 2. The highest BCUT2D eigenvalue weighted by Gasteiger charge is 2.30. The van der Waals surface area contributed by atoms with Gasteiger partial charge in [-0.05, 0) is 55.7 Å². The van der Waals surface area contributed by atoms with Crippen molar-refractivity contribution >= 4 is 16.8 Å². The summed E-state index contributed by atoms with van der Waals surface area (Å²) in [5.41, 5.74) is 3.49. The summed E-state index contributed by atoms with van der Waals surface area (Å²) in [7, 11) is 0. The first kappa shape index (κ1) is 19.9. The van der Waals surface area contributed by atoms with E-state index in [9.17, 15) is 18.0 Å². The van der Waals surface area contributed by atoms with E-state index in [4.69, 9.17) is 0 Å². The lowest BCUT2D eigenvalue weighted by atomic mass is 9.99. The molecule has 0 aliphatic heterocycles. The number of alkyl halides is 3. The van der Waals surface area contributed by atoms with Gasteiger partial charge in [-0.15, -0.1) is 0 Å². The second-order valence-corrected chi connectivity index (χ2v) is 6.90. The molecule has 1 unspecified atom stereocenters. The first-order valence-corrected chi connectivity index (χ1v) is 8.98. The first-order valence-electron chi connectivity index (χ1n) is 8.98. The molecule has 0 saturated heterocycles. The third kappa shape index (κ3) is 4.16. The van der Waals surface area contributed by atoms with E-state index in [-0.39, 0.29) is 12.3 Å². The van der Waals surface area contributed by atoms with Crippen LogP contribution in [-0.4, -0.2) is 10.9 Å². The van der Waals surface area contributed by atoms with E-state index in [1.54, 1.807) is 6.92 Å². The number of benzene rings is 2. The molecular formula is C22H21F3N2O. The van der Waals surface area contributed by atoms with Crippen LogP contribution in [0.2, 0.25) is 0 Å². The van der Waals surface area contributed by atoms with Gasteiger partial charge in [-0.2, -0.15) is 13.2 Å². The topological polar surface area (TPSA) is 42.0 Å². The minimum Gasteiger partial charge on any atom is -0.349 e. The number of fused-ring (bicyclic) bond motifs is 1. The predicted octanol–water partition coefficient (Wildman–Crippen LogP) is 5.29. The number of aromatic nitrogens is 1. The third-order valence-corrected chi connectivity index (χ3v) is 4.94. The molecule has 3 rings (SSSR count). The number of hydrogen-bond donors (Lipinski definition) is 1. The minimum absolute atomic E-state index is 0.167. The van der Waals surface area contributed by atoms with Gasteiger partial charge >= 0.3 is 6.18 Å². The van der Waals surface area contributed by atoms with Gasteiger partial charge in [-0.25, -0.2) is 0 Å². The molecule has 1 heterocycles. The van der Waals surface area contributed by atoms with Crippen molar-refractivity contribution in [2.24, 2.45) is 0 Å². The summed E-state index contributed by atoms with van der Waals surface area (Å²) in [4.78, 5) is 17.1. The molecule has 0 spiro atoms. The number of para-hydroxylation sites is 1. The van der Waals surface area contributed by atoms with E-state index in [2.05, 4.69) is 10.3 Å². The van der Waals surface area contributed by atoms with E-state index < -0.39 is 17.8 Å². The van der Waals surface area contributed by atoms with Gasteiger partial charge in [-0.3, -0.25) is 9.78 Å². The Morgan fingerprint density at radius 1 is 1.07 bits per heavy atom. The highest BCUT2D eigenvalue weighted by Crippen LogP contribution is 2.30. The fraction of sp³-hybridized carbons (Fsp3) is 0.273. The molecule has 0 aliphatic rings. The van der Waals surface area contributed by atoms with Crippen LogP contribution in [0.5, 0.6) is 0 Å². The number of nitrogens with zero attached hydrogens (tertiary/aromatic N) is 1. The molecule has 146 valence electrons. The lowest BCUT2D eigenvalue weighted by molar-refractivity contribution is -0.137. The van der Waals surface area contributed by atoms with E-state index >= 15 is 0 Å². The summed E-state index contributed by atoms with van der Waals surface area (Å²) in [5.74, 6) is -0.198. The molecule has 0 bridgehead atoms. The zero-order valence-electron chi connectivity index (χ0n) is 15.9. The van der Waals surface area contributed by atoms with Crippen molar-refractivity contribution in [2.45, 2.75) is 39.4 Å². The zero-order valence-corrected chi connectivity index (χ0v) is 15.9.